The molecule has 0 N–H and O–H groups in total. The van der Waals surface area contributed by atoms with E-state index in [9.17, 15) is 13.0 Å². The minimum absolute atomic E-state index is 0. The van der Waals surface area contributed by atoms with Crippen molar-refractivity contribution >= 4 is 69.2 Å². The van der Waals surface area contributed by atoms with E-state index < -0.39 is 10.1 Å². The van der Waals surface area contributed by atoms with Gasteiger partial charge in [-0.2, -0.15) is 0 Å². The summed E-state index contributed by atoms with van der Waals surface area (Å²) >= 11 is 10.2. The molecule has 68 valence electrons. The predicted octanol–water partition coefficient (Wildman–Crippen LogP) is -0.0563. The van der Waals surface area contributed by atoms with Crippen LogP contribution in [0, 0.1) is 0 Å². The maximum atomic E-state index is 10.7. The van der Waals surface area contributed by atoms with Crippen LogP contribution in [0.5, 0.6) is 0 Å². The van der Waals surface area contributed by atoms with Gasteiger partial charge in [-0.3, -0.25) is 0 Å². The van der Waals surface area contributed by atoms with Gasteiger partial charge in [-0.15, -0.1) is 11.3 Å². The second kappa shape index (κ2) is 5.40. The first-order valence-electron chi connectivity index (χ1n) is 2.43. The van der Waals surface area contributed by atoms with Gasteiger partial charge in [-0.05, 0) is 47.8 Å². The Labute approximate surface area is 127 Å². The van der Waals surface area contributed by atoms with Crippen LogP contribution < -0.4 is 29.6 Å². The van der Waals surface area contributed by atoms with Crippen LogP contribution in [-0.2, 0) is 10.1 Å². The Morgan fingerprint density at radius 2 is 1.62 bits per heavy atom. The number of thiophene rings is 1. The summed E-state index contributed by atoms with van der Waals surface area (Å²) in [6.45, 7) is 0. The molecule has 9 heteroatoms. The Hall–Kier alpha value is 2.05. The number of hydrogen-bond donors (Lipinski definition) is 0. The Balaban J connectivity index is 0.00000144. The van der Waals surface area contributed by atoms with Crippen LogP contribution in [0.4, 0.5) is 0 Å². The summed E-state index contributed by atoms with van der Waals surface area (Å²) in [6.07, 6.45) is 0. The van der Waals surface area contributed by atoms with Crippen LogP contribution in [-0.4, -0.2) is 13.0 Å². The van der Waals surface area contributed by atoms with Crippen molar-refractivity contribution in [3.05, 3.63) is 12.0 Å². The van der Waals surface area contributed by atoms with E-state index in [0.29, 0.717) is 7.57 Å². The van der Waals surface area contributed by atoms with Gasteiger partial charge in [0.15, 0.2) is 0 Å². The van der Waals surface area contributed by atoms with Gasteiger partial charge in [-0.1, -0.05) is 0 Å². The molecule has 0 saturated heterocycles. The largest absolute Gasteiger partial charge is 1.00 e. The molecule has 1 heterocycles. The minimum atomic E-state index is -4.41. The molecule has 0 aliphatic rings. The number of hydrogen-bond acceptors (Lipinski definition) is 4. The SMILES string of the molecule is O=S(=O)([O-])c1c(Br)sc(Br)c1Br.[Na+]. The fourth-order valence-electron chi connectivity index (χ4n) is 0.553. The molecule has 0 spiro atoms. The normalized spacial score (nSPS) is 11.1. The van der Waals surface area contributed by atoms with Crippen LogP contribution in [0.25, 0.3) is 0 Å². The minimum Gasteiger partial charge on any atom is -0.744 e. The van der Waals surface area contributed by atoms with Crippen LogP contribution in [0.15, 0.2) is 16.9 Å². The van der Waals surface area contributed by atoms with E-state index in [1.54, 1.807) is 0 Å². The van der Waals surface area contributed by atoms with Crippen LogP contribution >= 0.6 is 59.1 Å². The van der Waals surface area contributed by atoms with Crippen molar-refractivity contribution in [3.8, 4) is 0 Å². The molecule has 1 rings (SSSR count). The van der Waals surface area contributed by atoms with E-state index in [1.165, 1.54) is 0 Å². The van der Waals surface area contributed by atoms with E-state index in [0.717, 1.165) is 11.3 Å². The molecule has 1 aromatic rings. The van der Waals surface area contributed by atoms with Gasteiger partial charge in [0.05, 0.1) is 16.9 Å². The van der Waals surface area contributed by atoms with Crippen molar-refractivity contribution in [1.29, 1.82) is 0 Å². The molecule has 0 fully saturated rings. The van der Waals surface area contributed by atoms with Crippen LogP contribution in [0.2, 0.25) is 0 Å². The van der Waals surface area contributed by atoms with Gasteiger partial charge in [-0.25, -0.2) is 8.42 Å². The van der Waals surface area contributed by atoms with E-state index in [4.69, 9.17) is 0 Å². The zero-order valence-corrected chi connectivity index (χ0v) is 14.6. The summed E-state index contributed by atoms with van der Waals surface area (Å²) in [5, 5.41) is 0. The summed E-state index contributed by atoms with van der Waals surface area (Å²) in [4.78, 5) is -0.251. The molecule has 0 aliphatic carbocycles. The van der Waals surface area contributed by atoms with E-state index in [-0.39, 0.29) is 38.9 Å². The monoisotopic (exact) mass is 420 g/mol. The first kappa shape index (κ1) is 15.0. The van der Waals surface area contributed by atoms with Crippen molar-refractivity contribution < 1.29 is 42.5 Å². The second-order valence-corrected chi connectivity index (χ2v) is 7.51. The van der Waals surface area contributed by atoms with Crippen molar-refractivity contribution in [2.45, 2.75) is 4.90 Å². The molecular formula is C4Br3NaO3S2. The third kappa shape index (κ3) is 3.53. The molecular weight excluding hydrogens is 423 g/mol. The number of halogens is 3. The Kier molecular flexibility index (Phi) is 6.25. The van der Waals surface area contributed by atoms with Crippen molar-refractivity contribution in [2.24, 2.45) is 0 Å². The molecule has 0 atom stereocenters. The van der Waals surface area contributed by atoms with Gasteiger partial charge in [0.2, 0.25) is 0 Å². The summed E-state index contributed by atoms with van der Waals surface area (Å²) in [7, 11) is -4.41. The molecule has 0 amide bonds. The molecule has 0 aromatic carbocycles. The third-order valence-electron chi connectivity index (χ3n) is 0.980. The fraction of sp³-hybridized carbons (Fsp3) is 0. The summed E-state index contributed by atoms with van der Waals surface area (Å²) < 4.78 is 33.1. The third-order valence-corrected chi connectivity index (χ3v) is 6.66. The molecule has 0 unspecified atom stereocenters. The molecule has 3 nitrogen and oxygen atoms in total. The van der Waals surface area contributed by atoms with Crippen molar-refractivity contribution in [3.63, 3.8) is 0 Å². The molecule has 0 aliphatic heterocycles. The zero-order chi connectivity index (χ0) is 9.52. The molecule has 1 aromatic heterocycles. The van der Waals surface area contributed by atoms with Gasteiger partial charge in [0.25, 0.3) is 0 Å². The fourth-order valence-corrected chi connectivity index (χ4v) is 6.29. The smallest absolute Gasteiger partial charge is 0.744 e. The van der Waals surface area contributed by atoms with Gasteiger partial charge >= 0.3 is 29.6 Å². The average Bonchev–Trinajstić information content (AvgIpc) is 2.05. The van der Waals surface area contributed by atoms with Crippen LogP contribution in [0.1, 0.15) is 0 Å². The molecule has 0 radical (unpaired) electrons. The Morgan fingerprint density at radius 1 is 1.15 bits per heavy atom. The molecule has 13 heavy (non-hydrogen) atoms. The maximum Gasteiger partial charge on any atom is 1.00 e. The molecule has 0 saturated carbocycles. The van der Waals surface area contributed by atoms with Gasteiger partial charge in [0, 0.05) is 0 Å². The predicted molar refractivity (Wildman–Crippen MR) is 55.4 cm³/mol. The van der Waals surface area contributed by atoms with E-state index in [1.807, 2.05) is 0 Å². The van der Waals surface area contributed by atoms with Crippen molar-refractivity contribution in [1.82, 2.24) is 0 Å². The van der Waals surface area contributed by atoms with Crippen molar-refractivity contribution in [2.75, 3.05) is 0 Å². The van der Waals surface area contributed by atoms with Crippen LogP contribution in [0.3, 0.4) is 0 Å². The Morgan fingerprint density at radius 3 is 1.77 bits per heavy atom. The molecule has 0 bridgehead atoms. The Bertz CT molecular complexity index is 413. The first-order valence-corrected chi connectivity index (χ1v) is 7.03. The van der Waals surface area contributed by atoms with E-state index >= 15 is 0 Å². The average molecular weight is 423 g/mol. The van der Waals surface area contributed by atoms with E-state index in [2.05, 4.69) is 47.8 Å². The quantitative estimate of drug-likeness (QED) is 0.471. The zero-order valence-electron chi connectivity index (χ0n) is 6.18. The van der Waals surface area contributed by atoms with Gasteiger partial charge < -0.3 is 4.55 Å². The second-order valence-electron chi connectivity index (χ2n) is 1.75. The maximum absolute atomic E-state index is 10.7. The number of rotatable bonds is 1. The standard InChI is InChI=1S/C4HBr3O3S2.Na/c5-1-2(12(8,9)10)4(7)11-3(1)6;/h(H,8,9,10);/q;+1/p-1. The first-order chi connectivity index (χ1) is 5.34. The topological polar surface area (TPSA) is 57.2 Å². The van der Waals surface area contributed by atoms with Gasteiger partial charge in [0.1, 0.15) is 10.1 Å². The summed E-state index contributed by atoms with van der Waals surface area (Å²) in [6, 6.07) is 0. The summed E-state index contributed by atoms with van der Waals surface area (Å²) in [5.74, 6) is 0. The summed E-state index contributed by atoms with van der Waals surface area (Å²) in [5.41, 5.74) is 0.